The summed E-state index contributed by atoms with van der Waals surface area (Å²) in [5.41, 5.74) is 3.67. The smallest absolute Gasteiger partial charge is 0.261 e. The number of amides is 1. The van der Waals surface area contributed by atoms with Gasteiger partial charge >= 0.3 is 0 Å². The summed E-state index contributed by atoms with van der Waals surface area (Å²) >= 11 is 0. The highest BCUT2D eigenvalue weighted by atomic mass is 16.5. The lowest BCUT2D eigenvalue weighted by Crippen LogP contribution is -2.24. The molecule has 24 heavy (non-hydrogen) atoms. The summed E-state index contributed by atoms with van der Waals surface area (Å²) < 4.78 is 10.4. The minimum absolute atomic E-state index is 0.493. The van der Waals surface area contributed by atoms with Crippen LogP contribution in [0.5, 0.6) is 11.5 Å². The van der Waals surface area contributed by atoms with Crippen molar-refractivity contribution in [1.82, 2.24) is 5.43 Å². The van der Waals surface area contributed by atoms with Gasteiger partial charge in [0.05, 0.1) is 26.5 Å². The van der Waals surface area contributed by atoms with E-state index < -0.39 is 11.8 Å². The SMILES string of the molecule is COc1ccc(/C=N\NC(=O)[C@@H](C#N)c2ccccc2)c(OC)c1. The van der Waals surface area contributed by atoms with Crippen LogP contribution < -0.4 is 14.9 Å². The molecular formula is C18H17N3O3. The van der Waals surface area contributed by atoms with Crippen LogP contribution in [0.15, 0.2) is 53.6 Å². The van der Waals surface area contributed by atoms with Crippen LogP contribution in [-0.2, 0) is 4.79 Å². The van der Waals surface area contributed by atoms with E-state index in [1.165, 1.54) is 13.3 Å². The number of carbonyl (C=O) groups excluding carboxylic acids is 1. The second-order valence-corrected chi connectivity index (χ2v) is 4.81. The van der Waals surface area contributed by atoms with Crippen LogP contribution in [0.1, 0.15) is 17.0 Å². The lowest BCUT2D eigenvalue weighted by Gasteiger charge is -2.08. The molecule has 0 unspecified atom stereocenters. The zero-order chi connectivity index (χ0) is 17.4. The van der Waals surface area contributed by atoms with E-state index in [0.29, 0.717) is 22.6 Å². The Kier molecular flexibility index (Phi) is 5.92. The standard InChI is InChI=1S/C18H17N3O3/c1-23-15-9-8-14(17(10-15)24-2)12-20-21-18(22)16(11-19)13-6-4-3-5-7-13/h3-10,12,16H,1-2H3,(H,21,22)/b20-12-/t16-/m0/s1. The van der Waals surface area contributed by atoms with Gasteiger partial charge in [-0.25, -0.2) is 5.43 Å². The molecule has 0 saturated heterocycles. The van der Waals surface area contributed by atoms with Crippen LogP contribution in [0, 0.1) is 11.3 Å². The van der Waals surface area contributed by atoms with E-state index in [9.17, 15) is 10.1 Å². The Hall–Kier alpha value is -3.33. The topological polar surface area (TPSA) is 83.7 Å². The van der Waals surface area contributed by atoms with E-state index in [1.54, 1.807) is 49.6 Å². The molecule has 2 aromatic rings. The number of ether oxygens (including phenoxy) is 2. The second kappa shape index (κ2) is 8.34. The van der Waals surface area contributed by atoms with E-state index in [-0.39, 0.29) is 0 Å². The van der Waals surface area contributed by atoms with Crippen LogP contribution in [-0.4, -0.2) is 26.3 Å². The quantitative estimate of drug-likeness (QED) is 0.654. The molecule has 2 aromatic carbocycles. The first-order valence-corrected chi connectivity index (χ1v) is 7.19. The van der Waals surface area contributed by atoms with Crippen LogP contribution in [0.25, 0.3) is 0 Å². The van der Waals surface area contributed by atoms with Crippen LogP contribution in [0.4, 0.5) is 0 Å². The van der Waals surface area contributed by atoms with Gasteiger partial charge in [0.2, 0.25) is 0 Å². The summed E-state index contributed by atoms with van der Waals surface area (Å²) in [7, 11) is 3.10. The van der Waals surface area contributed by atoms with Crippen molar-refractivity contribution < 1.29 is 14.3 Å². The zero-order valence-corrected chi connectivity index (χ0v) is 13.4. The molecule has 0 saturated carbocycles. The Morgan fingerprint density at radius 3 is 2.58 bits per heavy atom. The van der Waals surface area contributed by atoms with Crippen molar-refractivity contribution in [1.29, 1.82) is 5.26 Å². The van der Waals surface area contributed by atoms with Gasteiger partial charge in [-0.3, -0.25) is 4.79 Å². The van der Waals surface area contributed by atoms with Crippen molar-refractivity contribution in [3.8, 4) is 17.6 Å². The fraction of sp³-hybridized carbons (Fsp3) is 0.167. The van der Waals surface area contributed by atoms with Gasteiger partial charge in [-0.2, -0.15) is 10.4 Å². The number of hydrogen-bond acceptors (Lipinski definition) is 5. The van der Waals surface area contributed by atoms with E-state index in [2.05, 4.69) is 10.5 Å². The molecule has 0 aliphatic carbocycles. The number of methoxy groups -OCH3 is 2. The van der Waals surface area contributed by atoms with Crippen molar-refractivity contribution in [2.75, 3.05) is 14.2 Å². The molecule has 0 heterocycles. The molecule has 1 N–H and O–H groups in total. The molecule has 6 heteroatoms. The molecule has 0 spiro atoms. The van der Waals surface area contributed by atoms with Gasteiger partial charge in [0.15, 0.2) is 5.92 Å². The highest BCUT2D eigenvalue weighted by Gasteiger charge is 2.19. The highest BCUT2D eigenvalue weighted by Crippen LogP contribution is 2.23. The van der Waals surface area contributed by atoms with E-state index in [1.807, 2.05) is 12.1 Å². The zero-order valence-electron chi connectivity index (χ0n) is 13.4. The number of rotatable bonds is 6. The third-order valence-electron chi connectivity index (χ3n) is 3.34. The van der Waals surface area contributed by atoms with Crippen molar-refractivity contribution >= 4 is 12.1 Å². The van der Waals surface area contributed by atoms with Crippen LogP contribution in [0.2, 0.25) is 0 Å². The molecule has 2 rings (SSSR count). The third-order valence-corrected chi connectivity index (χ3v) is 3.34. The van der Waals surface area contributed by atoms with Crippen molar-refractivity contribution in [2.45, 2.75) is 5.92 Å². The third kappa shape index (κ3) is 4.11. The highest BCUT2D eigenvalue weighted by molar-refractivity contribution is 5.89. The Bertz CT molecular complexity index is 767. The van der Waals surface area contributed by atoms with Gasteiger partial charge in [-0.15, -0.1) is 0 Å². The van der Waals surface area contributed by atoms with Gasteiger partial charge in [-0.05, 0) is 17.7 Å². The molecule has 0 aromatic heterocycles. The second-order valence-electron chi connectivity index (χ2n) is 4.81. The molecule has 0 radical (unpaired) electrons. The van der Waals surface area contributed by atoms with Crippen LogP contribution in [0.3, 0.4) is 0 Å². The largest absolute Gasteiger partial charge is 0.497 e. The van der Waals surface area contributed by atoms with Crippen LogP contribution >= 0.6 is 0 Å². The number of nitrogens with zero attached hydrogens (tertiary/aromatic N) is 2. The van der Waals surface area contributed by atoms with Gasteiger partial charge < -0.3 is 9.47 Å². The van der Waals surface area contributed by atoms with Gasteiger partial charge in [0, 0.05) is 11.6 Å². The molecule has 1 amide bonds. The van der Waals surface area contributed by atoms with Crippen molar-refractivity contribution in [3.05, 3.63) is 59.7 Å². The fourth-order valence-electron chi connectivity index (χ4n) is 2.09. The number of nitriles is 1. The molecule has 0 fully saturated rings. The maximum Gasteiger partial charge on any atom is 0.261 e. The lowest BCUT2D eigenvalue weighted by molar-refractivity contribution is -0.121. The fourth-order valence-corrected chi connectivity index (χ4v) is 2.09. The molecular weight excluding hydrogens is 306 g/mol. The Morgan fingerprint density at radius 2 is 1.96 bits per heavy atom. The average molecular weight is 323 g/mol. The maximum absolute atomic E-state index is 12.1. The molecule has 0 aliphatic heterocycles. The summed E-state index contributed by atoms with van der Waals surface area (Å²) in [4.78, 5) is 12.1. The minimum atomic E-state index is -0.916. The Morgan fingerprint density at radius 1 is 1.21 bits per heavy atom. The van der Waals surface area contributed by atoms with Gasteiger partial charge in [-0.1, -0.05) is 30.3 Å². The number of nitrogens with one attached hydrogen (secondary N) is 1. The Labute approximate surface area is 140 Å². The Balaban J connectivity index is 2.08. The summed E-state index contributed by atoms with van der Waals surface area (Å²) in [5.74, 6) is -0.192. The predicted octanol–water partition coefficient (Wildman–Crippen LogP) is 2.46. The van der Waals surface area contributed by atoms with E-state index >= 15 is 0 Å². The van der Waals surface area contributed by atoms with E-state index in [4.69, 9.17) is 9.47 Å². The number of hydrogen-bond donors (Lipinski definition) is 1. The van der Waals surface area contributed by atoms with Gasteiger partial charge in [0.25, 0.3) is 5.91 Å². The van der Waals surface area contributed by atoms with Crippen molar-refractivity contribution in [2.24, 2.45) is 5.10 Å². The van der Waals surface area contributed by atoms with E-state index in [0.717, 1.165) is 0 Å². The monoisotopic (exact) mass is 323 g/mol. The average Bonchev–Trinajstić information content (AvgIpc) is 2.63. The predicted molar refractivity (Wildman–Crippen MR) is 90.1 cm³/mol. The van der Waals surface area contributed by atoms with Crippen molar-refractivity contribution in [3.63, 3.8) is 0 Å². The molecule has 0 aliphatic rings. The summed E-state index contributed by atoms with van der Waals surface area (Å²) in [6.45, 7) is 0. The summed E-state index contributed by atoms with van der Waals surface area (Å²) in [5, 5.41) is 13.1. The first-order chi connectivity index (χ1) is 11.7. The molecule has 122 valence electrons. The molecule has 6 nitrogen and oxygen atoms in total. The first-order valence-electron chi connectivity index (χ1n) is 7.19. The number of benzene rings is 2. The normalized spacial score (nSPS) is 11.5. The maximum atomic E-state index is 12.1. The summed E-state index contributed by atoms with van der Waals surface area (Å²) in [6.07, 6.45) is 1.45. The molecule has 1 atom stereocenters. The minimum Gasteiger partial charge on any atom is -0.497 e. The van der Waals surface area contributed by atoms with Gasteiger partial charge in [0.1, 0.15) is 11.5 Å². The number of hydrazone groups is 1. The lowest BCUT2D eigenvalue weighted by atomic mass is 10.0. The first kappa shape index (κ1) is 17.0. The molecule has 0 bridgehead atoms. The summed E-state index contributed by atoms with van der Waals surface area (Å²) in [6, 6.07) is 16.0. The number of carbonyl (C=O) groups is 1.